The first kappa shape index (κ1) is 30.8. The highest BCUT2D eigenvalue weighted by Gasteiger charge is 2.41. The van der Waals surface area contributed by atoms with Gasteiger partial charge >= 0.3 is 0 Å². The molecule has 1 aliphatic heterocycles. The average molecular weight is 570 g/mol. The van der Waals surface area contributed by atoms with Crippen molar-refractivity contribution in [2.75, 3.05) is 18.8 Å². The lowest BCUT2D eigenvalue weighted by Gasteiger charge is -2.47. The van der Waals surface area contributed by atoms with Gasteiger partial charge in [-0.15, -0.1) is 11.8 Å². The van der Waals surface area contributed by atoms with Crippen molar-refractivity contribution in [3.63, 3.8) is 0 Å². The van der Waals surface area contributed by atoms with Gasteiger partial charge in [0.05, 0.1) is 12.1 Å². The van der Waals surface area contributed by atoms with Gasteiger partial charge in [-0.05, 0) is 76.1 Å². The Labute approximate surface area is 243 Å². The lowest BCUT2D eigenvalue weighted by Crippen LogP contribution is -2.60. The number of hydrogen-bond acceptors (Lipinski definition) is 7. The maximum atomic E-state index is 13.5. The molecule has 0 radical (unpaired) electrons. The molecule has 4 rings (SSSR count). The Kier molecular flexibility index (Phi) is 10.6. The third kappa shape index (κ3) is 8.23. The number of phenolic OH excluding ortho intramolecular Hbond substituents is 1. The van der Waals surface area contributed by atoms with Crippen LogP contribution in [0.2, 0.25) is 0 Å². The normalized spacial score (nSPS) is 24.1. The molecule has 5 unspecified atom stereocenters. The van der Waals surface area contributed by atoms with Crippen molar-refractivity contribution >= 4 is 17.7 Å². The van der Waals surface area contributed by atoms with Crippen LogP contribution in [0.3, 0.4) is 0 Å². The van der Waals surface area contributed by atoms with Crippen molar-refractivity contribution in [2.24, 2.45) is 11.8 Å². The van der Waals surface area contributed by atoms with Gasteiger partial charge in [0.25, 0.3) is 0 Å². The number of benzene rings is 2. The van der Waals surface area contributed by atoms with Crippen molar-refractivity contribution in [1.29, 1.82) is 0 Å². The van der Waals surface area contributed by atoms with Crippen LogP contribution < -0.4 is 10.6 Å². The number of aromatic hydroxyl groups is 1. The standard InChI is InChI=1S/C32H47N3O4S/c1-21-25(15-10-16-28(21)36)30(38)33-26(20-40-24-13-6-5-7-14-24)29(37)19-35-18-23-12-9-8-11-22(23)17-27(35)31(39)34-32(2,3)4/h5-7,10,13-16,22-23,26-27,29-30,33,36-38H,8-9,11-12,17-20H2,1-4H3,(H,34,39)/t22?,23?,26?,27-,29?,30?/m0/s1. The summed E-state index contributed by atoms with van der Waals surface area (Å²) in [5, 5.41) is 39.4. The second-order valence-corrected chi connectivity index (χ2v) is 13.7. The molecule has 40 heavy (non-hydrogen) atoms. The van der Waals surface area contributed by atoms with Crippen LogP contribution in [0.1, 0.15) is 70.2 Å². The Morgan fingerprint density at radius 1 is 1.05 bits per heavy atom. The van der Waals surface area contributed by atoms with Gasteiger partial charge in [0.2, 0.25) is 5.91 Å². The van der Waals surface area contributed by atoms with Crippen molar-refractivity contribution < 1.29 is 20.1 Å². The number of amides is 1. The van der Waals surface area contributed by atoms with E-state index >= 15 is 0 Å². The van der Waals surface area contributed by atoms with Crippen molar-refractivity contribution in [3.05, 3.63) is 59.7 Å². The highest BCUT2D eigenvalue weighted by molar-refractivity contribution is 7.99. The number of fused-ring (bicyclic) bond motifs is 1. The molecule has 1 aliphatic carbocycles. The molecule has 220 valence electrons. The van der Waals surface area contributed by atoms with E-state index in [1.165, 1.54) is 25.7 Å². The van der Waals surface area contributed by atoms with Crippen LogP contribution in [0.25, 0.3) is 0 Å². The van der Waals surface area contributed by atoms with Crippen molar-refractivity contribution in [3.8, 4) is 5.75 Å². The number of aliphatic hydroxyl groups is 2. The predicted molar refractivity (Wildman–Crippen MR) is 161 cm³/mol. The van der Waals surface area contributed by atoms with Gasteiger partial charge in [-0.25, -0.2) is 0 Å². The van der Waals surface area contributed by atoms with Gasteiger partial charge in [0.15, 0.2) is 0 Å². The topological polar surface area (TPSA) is 105 Å². The number of nitrogens with zero attached hydrogens (tertiary/aromatic N) is 1. The van der Waals surface area contributed by atoms with Crippen LogP contribution in [-0.2, 0) is 4.79 Å². The fourth-order valence-corrected chi connectivity index (χ4v) is 7.24. The molecule has 0 aromatic heterocycles. The zero-order valence-electron chi connectivity index (χ0n) is 24.3. The molecule has 2 fully saturated rings. The van der Waals surface area contributed by atoms with Gasteiger partial charge in [-0.1, -0.05) is 49.6 Å². The molecule has 2 aromatic carbocycles. The molecule has 1 amide bonds. The minimum absolute atomic E-state index is 0.0299. The molecule has 1 saturated carbocycles. The minimum Gasteiger partial charge on any atom is -0.508 e. The first-order valence-corrected chi connectivity index (χ1v) is 15.6. The van der Waals surface area contributed by atoms with E-state index in [-0.39, 0.29) is 23.2 Å². The summed E-state index contributed by atoms with van der Waals surface area (Å²) in [5.41, 5.74) is 0.849. The van der Waals surface area contributed by atoms with Crippen LogP contribution in [0, 0.1) is 18.8 Å². The smallest absolute Gasteiger partial charge is 0.237 e. The number of hydrogen-bond donors (Lipinski definition) is 5. The number of piperidine rings is 1. The quantitative estimate of drug-likeness (QED) is 0.210. The molecule has 1 heterocycles. The zero-order valence-corrected chi connectivity index (χ0v) is 25.2. The monoisotopic (exact) mass is 569 g/mol. The summed E-state index contributed by atoms with van der Waals surface area (Å²) in [4.78, 5) is 16.7. The van der Waals surface area contributed by atoms with Crippen LogP contribution in [0.15, 0.2) is 53.4 Å². The number of carbonyl (C=O) groups excluding carboxylic acids is 1. The van der Waals surface area contributed by atoms with Gasteiger partial charge < -0.3 is 20.6 Å². The number of rotatable bonds is 10. The summed E-state index contributed by atoms with van der Waals surface area (Å²) >= 11 is 1.62. The van der Waals surface area contributed by atoms with E-state index in [1.54, 1.807) is 36.9 Å². The van der Waals surface area contributed by atoms with Crippen molar-refractivity contribution in [1.82, 2.24) is 15.5 Å². The van der Waals surface area contributed by atoms with Crippen LogP contribution in [-0.4, -0.2) is 68.7 Å². The van der Waals surface area contributed by atoms with Gasteiger partial charge in [-0.3, -0.25) is 15.0 Å². The average Bonchev–Trinajstić information content (AvgIpc) is 2.91. The van der Waals surface area contributed by atoms with E-state index in [0.29, 0.717) is 35.3 Å². The molecular weight excluding hydrogens is 522 g/mol. The summed E-state index contributed by atoms with van der Waals surface area (Å²) < 4.78 is 0. The second kappa shape index (κ2) is 13.7. The van der Waals surface area contributed by atoms with E-state index < -0.39 is 18.4 Å². The first-order chi connectivity index (χ1) is 19.0. The maximum absolute atomic E-state index is 13.5. The second-order valence-electron chi connectivity index (χ2n) is 12.6. The summed E-state index contributed by atoms with van der Waals surface area (Å²) in [5.74, 6) is 1.78. The fourth-order valence-electron chi connectivity index (χ4n) is 6.20. The molecule has 2 aliphatic rings. The van der Waals surface area contributed by atoms with E-state index in [9.17, 15) is 20.1 Å². The van der Waals surface area contributed by atoms with Crippen LogP contribution in [0.4, 0.5) is 0 Å². The highest BCUT2D eigenvalue weighted by Crippen LogP contribution is 2.39. The molecular formula is C32H47N3O4S. The molecule has 5 N–H and O–H groups in total. The van der Waals surface area contributed by atoms with Gasteiger partial charge in [0, 0.05) is 40.9 Å². The number of thioether (sulfide) groups is 1. The molecule has 6 atom stereocenters. The fraction of sp³-hybridized carbons (Fsp3) is 0.594. The Morgan fingerprint density at radius 3 is 2.45 bits per heavy atom. The molecule has 0 bridgehead atoms. The molecule has 1 saturated heterocycles. The van der Waals surface area contributed by atoms with Crippen LogP contribution >= 0.6 is 11.8 Å². The molecule has 8 heteroatoms. The van der Waals surface area contributed by atoms with E-state index in [1.807, 2.05) is 51.1 Å². The van der Waals surface area contributed by atoms with E-state index in [0.717, 1.165) is 17.9 Å². The SMILES string of the molecule is Cc1c(O)cccc1C(O)NC(CSc1ccccc1)C(O)CN1CC2CCCCC2C[C@H]1C(=O)NC(C)(C)C. The third-order valence-corrected chi connectivity index (χ3v) is 9.51. The number of carbonyl (C=O) groups is 1. The number of likely N-dealkylation sites (tertiary alicyclic amines) is 1. The largest absolute Gasteiger partial charge is 0.508 e. The van der Waals surface area contributed by atoms with Gasteiger partial charge in [-0.2, -0.15) is 0 Å². The van der Waals surface area contributed by atoms with Gasteiger partial charge in [0.1, 0.15) is 12.0 Å². The maximum Gasteiger partial charge on any atom is 0.237 e. The lowest BCUT2D eigenvalue weighted by molar-refractivity contribution is -0.132. The predicted octanol–water partition coefficient (Wildman–Crippen LogP) is 4.60. The zero-order chi connectivity index (χ0) is 28.9. The molecule has 0 spiro atoms. The summed E-state index contributed by atoms with van der Waals surface area (Å²) in [7, 11) is 0. The van der Waals surface area contributed by atoms with E-state index in [2.05, 4.69) is 15.5 Å². The summed E-state index contributed by atoms with van der Waals surface area (Å²) in [6.45, 7) is 8.92. The first-order valence-electron chi connectivity index (χ1n) is 14.7. The Morgan fingerprint density at radius 2 is 1.75 bits per heavy atom. The molecule has 2 aromatic rings. The minimum atomic E-state index is -1.06. The Bertz CT molecular complexity index is 1110. The number of aliphatic hydroxyl groups excluding tert-OH is 2. The van der Waals surface area contributed by atoms with Crippen molar-refractivity contribution in [2.45, 2.75) is 94.6 Å². The third-order valence-electron chi connectivity index (χ3n) is 8.38. The number of phenols is 1. The Balaban J connectivity index is 1.53. The summed E-state index contributed by atoms with van der Waals surface area (Å²) in [6.07, 6.45) is 3.73. The molecule has 7 nitrogen and oxygen atoms in total. The van der Waals surface area contributed by atoms with E-state index in [4.69, 9.17) is 0 Å². The highest BCUT2D eigenvalue weighted by atomic mass is 32.2. The number of β-amino-alcohol motifs (C(OH)–C–C–N with tert-alkyl or cyclic N) is 1. The van der Waals surface area contributed by atoms with Crippen LogP contribution in [0.5, 0.6) is 5.75 Å². The summed E-state index contributed by atoms with van der Waals surface area (Å²) in [6, 6.07) is 14.3. The Hall–Kier alpha value is -2.10. The number of nitrogens with one attached hydrogen (secondary N) is 2. The lowest BCUT2D eigenvalue weighted by atomic mass is 9.72.